The van der Waals surface area contributed by atoms with Crippen molar-refractivity contribution in [3.05, 3.63) is 78.1 Å². The molecule has 3 heteroatoms. The van der Waals surface area contributed by atoms with Crippen molar-refractivity contribution >= 4 is 59.9 Å². The molecular weight excluding hydrogens is 462 g/mol. The minimum absolute atomic E-state index is 0.256. The van der Waals surface area contributed by atoms with Gasteiger partial charge in [0.1, 0.15) is 6.33 Å². The summed E-state index contributed by atoms with van der Waals surface area (Å²) in [4.78, 5) is 9.57. The number of pyridine rings is 1. The molecule has 1 aliphatic carbocycles. The first-order chi connectivity index (χ1) is 18.4. The van der Waals surface area contributed by atoms with E-state index in [0.717, 1.165) is 23.4 Å². The lowest BCUT2D eigenvalue weighted by Crippen LogP contribution is -2.08. The average Bonchev–Trinajstić information content (AvgIpc) is 3.52. The Hall–Kier alpha value is -3.72. The predicted molar refractivity (Wildman–Crippen MR) is 161 cm³/mol. The fourth-order valence-electron chi connectivity index (χ4n) is 7.26. The molecule has 0 N–H and O–H groups in total. The molecule has 0 radical (unpaired) electrons. The first-order valence-electron chi connectivity index (χ1n) is 14.2. The van der Waals surface area contributed by atoms with Gasteiger partial charge in [-0.15, -0.1) is 0 Å². The summed E-state index contributed by atoms with van der Waals surface area (Å²) in [6.45, 7) is 6.92. The van der Waals surface area contributed by atoms with Gasteiger partial charge < -0.3 is 4.40 Å². The number of benzene rings is 4. The van der Waals surface area contributed by atoms with E-state index in [1.54, 1.807) is 6.33 Å². The molecule has 3 aromatic heterocycles. The highest BCUT2D eigenvalue weighted by Crippen LogP contribution is 2.41. The molecule has 188 valence electrons. The molecule has 0 aliphatic heterocycles. The van der Waals surface area contributed by atoms with E-state index in [-0.39, 0.29) is 5.41 Å². The maximum atomic E-state index is 4.88. The van der Waals surface area contributed by atoms with Crippen LogP contribution in [-0.2, 0) is 12.8 Å². The quantitative estimate of drug-likeness (QED) is 0.181. The molecular formula is C35H33N3. The Morgan fingerprint density at radius 2 is 1.61 bits per heavy atom. The lowest BCUT2D eigenvalue weighted by Gasteiger charge is -2.18. The Bertz CT molecular complexity index is 2020. The summed E-state index contributed by atoms with van der Waals surface area (Å²) in [7, 11) is 0. The van der Waals surface area contributed by atoms with E-state index in [4.69, 9.17) is 4.98 Å². The first kappa shape index (κ1) is 22.3. The molecule has 0 saturated heterocycles. The van der Waals surface area contributed by atoms with Gasteiger partial charge in [0.25, 0.3) is 0 Å². The maximum absolute atomic E-state index is 4.88. The number of fused-ring (bicyclic) bond motifs is 7. The van der Waals surface area contributed by atoms with E-state index in [1.807, 2.05) is 0 Å². The van der Waals surface area contributed by atoms with Crippen LogP contribution in [0, 0.1) is 11.3 Å². The number of hydrogen-bond donors (Lipinski definition) is 0. The molecule has 1 fully saturated rings. The Morgan fingerprint density at radius 1 is 0.763 bits per heavy atom. The van der Waals surface area contributed by atoms with E-state index in [0.29, 0.717) is 0 Å². The summed E-state index contributed by atoms with van der Waals surface area (Å²) < 4.78 is 2.49. The second-order valence-corrected chi connectivity index (χ2v) is 12.9. The van der Waals surface area contributed by atoms with Gasteiger partial charge in [-0.1, -0.05) is 70.7 Å². The second kappa shape index (κ2) is 7.89. The third kappa shape index (κ3) is 3.34. The van der Waals surface area contributed by atoms with Crippen LogP contribution in [0.2, 0.25) is 0 Å². The highest BCUT2D eigenvalue weighted by Gasteiger charge is 2.21. The van der Waals surface area contributed by atoms with Crippen LogP contribution < -0.4 is 0 Å². The Kier molecular flexibility index (Phi) is 4.63. The molecule has 3 heterocycles. The zero-order valence-electron chi connectivity index (χ0n) is 22.5. The largest absolute Gasteiger partial charge is 0.308 e. The Balaban J connectivity index is 1.45. The molecule has 0 spiro atoms. The van der Waals surface area contributed by atoms with E-state index in [1.165, 1.54) is 92.1 Å². The standard InChI is InChI=1S/C35H33N3/c1-35(2,3)19-23-8-10-24-18-31-28(17-25(24)15-23)33-32-29(36-20-37-33)12-11-26-27-16-22(14-21-6-4-5-7-21)9-13-30(27)38(31)34(26)32/h8-13,15-18,20-21H,4-7,14,19H2,1-3H3. The van der Waals surface area contributed by atoms with Crippen molar-refractivity contribution in [3.63, 3.8) is 0 Å². The summed E-state index contributed by atoms with van der Waals surface area (Å²) in [6.07, 6.45) is 9.53. The lowest BCUT2D eigenvalue weighted by molar-refractivity contribution is 0.411. The van der Waals surface area contributed by atoms with Crippen LogP contribution in [0.1, 0.15) is 57.6 Å². The van der Waals surface area contributed by atoms with Gasteiger partial charge in [0.15, 0.2) is 0 Å². The smallest absolute Gasteiger partial charge is 0.116 e. The predicted octanol–water partition coefficient (Wildman–Crippen LogP) is 9.25. The van der Waals surface area contributed by atoms with Crippen LogP contribution in [0.15, 0.2) is 67.0 Å². The summed E-state index contributed by atoms with van der Waals surface area (Å²) in [5.74, 6) is 0.840. The average molecular weight is 496 g/mol. The van der Waals surface area contributed by atoms with Crippen molar-refractivity contribution in [3.8, 4) is 0 Å². The van der Waals surface area contributed by atoms with Crippen LogP contribution in [-0.4, -0.2) is 14.4 Å². The van der Waals surface area contributed by atoms with E-state index in [2.05, 4.69) is 90.8 Å². The number of aromatic nitrogens is 3. The number of hydrogen-bond acceptors (Lipinski definition) is 2. The summed E-state index contributed by atoms with van der Waals surface area (Å²) in [6, 6.07) is 23.4. The normalized spacial score (nSPS) is 15.4. The van der Waals surface area contributed by atoms with Crippen molar-refractivity contribution < 1.29 is 0 Å². The van der Waals surface area contributed by atoms with Gasteiger partial charge in [0.05, 0.1) is 33.0 Å². The fraction of sp³-hybridized carbons (Fsp3) is 0.314. The zero-order chi connectivity index (χ0) is 25.6. The third-order valence-electron chi connectivity index (χ3n) is 8.84. The van der Waals surface area contributed by atoms with Crippen molar-refractivity contribution in [1.82, 2.24) is 14.4 Å². The van der Waals surface area contributed by atoms with Crippen molar-refractivity contribution in [2.24, 2.45) is 11.3 Å². The van der Waals surface area contributed by atoms with E-state index >= 15 is 0 Å². The van der Waals surface area contributed by atoms with Crippen LogP contribution >= 0.6 is 0 Å². The topological polar surface area (TPSA) is 30.2 Å². The van der Waals surface area contributed by atoms with Gasteiger partial charge >= 0.3 is 0 Å². The molecule has 1 saturated carbocycles. The van der Waals surface area contributed by atoms with Crippen LogP contribution in [0.25, 0.3) is 59.9 Å². The van der Waals surface area contributed by atoms with Gasteiger partial charge in [0.2, 0.25) is 0 Å². The monoisotopic (exact) mass is 495 g/mol. The Labute approximate surface area is 222 Å². The lowest BCUT2D eigenvalue weighted by atomic mass is 9.87. The van der Waals surface area contributed by atoms with Gasteiger partial charge in [-0.25, -0.2) is 9.97 Å². The second-order valence-electron chi connectivity index (χ2n) is 12.9. The van der Waals surface area contributed by atoms with Gasteiger partial charge in [-0.05, 0) is 82.5 Å². The fourth-order valence-corrected chi connectivity index (χ4v) is 7.26. The highest BCUT2D eigenvalue weighted by atomic mass is 14.9. The molecule has 3 nitrogen and oxygen atoms in total. The first-order valence-corrected chi connectivity index (χ1v) is 14.2. The minimum atomic E-state index is 0.256. The van der Waals surface area contributed by atoms with Gasteiger partial charge in [-0.2, -0.15) is 0 Å². The number of nitrogens with zero attached hydrogens (tertiary/aromatic N) is 3. The van der Waals surface area contributed by atoms with Crippen LogP contribution in [0.4, 0.5) is 0 Å². The molecule has 0 bridgehead atoms. The molecule has 1 aliphatic rings. The molecule has 0 atom stereocenters. The highest BCUT2D eigenvalue weighted by molar-refractivity contribution is 6.27. The molecule has 4 aromatic carbocycles. The van der Waals surface area contributed by atoms with Gasteiger partial charge in [0, 0.05) is 16.2 Å². The SMILES string of the molecule is CC(C)(C)Cc1ccc2cc3c(cc2c1)c1ncnc2ccc4c5cc(CC6CCCC6)ccc5n3c4c21. The van der Waals surface area contributed by atoms with Gasteiger partial charge in [-0.3, -0.25) is 0 Å². The van der Waals surface area contributed by atoms with Crippen LogP contribution in [0.3, 0.4) is 0 Å². The summed E-state index contributed by atoms with van der Waals surface area (Å²) in [5, 5.41) is 7.59. The molecule has 7 aromatic rings. The van der Waals surface area contributed by atoms with Crippen molar-refractivity contribution in [2.45, 2.75) is 59.3 Å². The van der Waals surface area contributed by atoms with E-state index in [9.17, 15) is 0 Å². The molecule has 0 unspecified atom stereocenters. The van der Waals surface area contributed by atoms with E-state index < -0.39 is 0 Å². The molecule has 8 rings (SSSR count). The summed E-state index contributed by atoms with van der Waals surface area (Å²) in [5.41, 5.74) is 8.94. The molecule has 0 amide bonds. The van der Waals surface area contributed by atoms with Crippen molar-refractivity contribution in [1.29, 1.82) is 0 Å². The molecule has 38 heavy (non-hydrogen) atoms. The maximum Gasteiger partial charge on any atom is 0.116 e. The number of rotatable bonds is 3. The minimum Gasteiger partial charge on any atom is -0.308 e. The Morgan fingerprint density at radius 3 is 2.45 bits per heavy atom. The third-order valence-corrected chi connectivity index (χ3v) is 8.84. The van der Waals surface area contributed by atoms with Crippen molar-refractivity contribution in [2.75, 3.05) is 0 Å². The van der Waals surface area contributed by atoms with Crippen LogP contribution in [0.5, 0.6) is 0 Å². The zero-order valence-corrected chi connectivity index (χ0v) is 22.5. The summed E-state index contributed by atoms with van der Waals surface area (Å²) >= 11 is 0.